The molecule has 1 N–H and O–H groups in total. The summed E-state index contributed by atoms with van der Waals surface area (Å²) in [6, 6.07) is 0. The molecule has 2 fully saturated rings. The number of hydrogen-bond acceptors (Lipinski definition) is 4. The van der Waals surface area contributed by atoms with Gasteiger partial charge in [-0.1, -0.05) is 0 Å². The molecule has 2 saturated heterocycles. The smallest absolute Gasteiger partial charge is 0.136 e. The van der Waals surface area contributed by atoms with Crippen LogP contribution in [0.2, 0.25) is 0 Å². The summed E-state index contributed by atoms with van der Waals surface area (Å²) in [7, 11) is 2.14. The van der Waals surface area contributed by atoms with Gasteiger partial charge in [0.15, 0.2) is 0 Å². The fraction of sp³-hybridized carbons (Fsp3) is 0.938. The lowest BCUT2D eigenvalue weighted by Gasteiger charge is -2.63. The van der Waals surface area contributed by atoms with Gasteiger partial charge in [0.2, 0.25) is 0 Å². The number of carbonyl (C=O) groups is 1. The molecule has 0 aromatic heterocycles. The molecule has 0 aromatic rings. The minimum Gasteiger partial charge on any atom is -0.313 e. The van der Waals surface area contributed by atoms with E-state index in [9.17, 15) is 10.0 Å². The fourth-order valence-corrected chi connectivity index (χ4v) is 4.71. The molecule has 0 atom stereocenters. The van der Waals surface area contributed by atoms with Crippen molar-refractivity contribution in [3.63, 3.8) is 0 Å². The van der Waals surface area contributed by atoms with Crippen LogP contribution in [-0.2, 0) is 4.79 Å². The lowest BCUT2D eigenvalue weighted by atomic mass is 9.64. The Labute approximate surface area is 123 Å². The summed E-state index contributed by atoms with van der Waals surface area (Å²) in [5.41, 5.74) is -0.997. The molecule has 0 unspecified atom stereocenters. The zero-order chi connectivity index (χ0) is 15.6. The number of hydroxylamine groups is 2. The van der Waals surface area contributed by atoms with Crippen molar-refractivity contribution in [2.45, 2.75) is 89.4 Å². The van der Waals surface area contributed by atoms with Crippen LogP contribution in [0.4, 0.5) is 0 Å². The lowest BCUT2D eigenvalue weighted by molar-refractivity contribution is -0.275. The first-order valence-corrected chi connectivity index (χ1v) is 7.57. The summed E-state index contributed by atoms with van der Waals surface area (Å²) >= 11 is 0. The topological polar surface area (TPSA) is 43.8 Å². The Morgan fingerprint density at radius 2 is 1.35 bits per heavy atom. The second-order valence-electron chi connectivity index (χ2n) is 8.78. The number of likely N-dealkylation sites (tertiary alicyclic amines) is 1. The Morgan fingerprint density at radius 1 is 0.900 bits per heavy atom. The average Bonchev–Trinajstić information content (AvgIpc) is 2.21. The predicted molar refractivity (Wildman–Crippen MR) is 79.8 cm³/mol. The molecule has 1 spiro atoms. The third-order valence-electron chi connectivity index (χ3n) is 5.52. The second kappa shape index (κ2) is 4.28. The minimum atomic E-state index is -0.475. The molecular weight excluding hydrogens is 252 g/mol. The van der Waals surface area contributed by atoms with Gasteiger partial charge in [0, 0.05) is 29.5 Å². The molecule has 0 radical (unpaired) electrons. The highest BCUT2D eigenvalue weighted by atomic mass is 16.5. The molecule has 20 heavy (non-hydrogen) atoms. The van der Waals surface area contributed by atoms with Crippen molar-refractivity contribution in [1.82, 2.24) is 9.96 Å². The van der Waals surface area contributed by atoms with Gasteiger partial charge in [-0.25, -0.2) is 0 Å². The Kier molecular flexibility index (Phi) is 3.41. The number of ketones is 1. The summed E-state index contributed by atoms with van der Waals surface area (Å²) < 4.78 is 0. The van der Waals surface area contributed by atoms with E-state index in [0.29, 0.717) is 12.8 Å². The number of piperidine rings is 2. The number of Topliss-reactive ketones (excluding diaryl/α,β-unsaturated/α-hetero) is 1. The first-order chi connectivity index (χ1) is 8.82. The van der Waals surface area contributed by atoms with Crippen LogP contribution in [0.25, 0.3) is 0 Å². The maximum Gasteiger partial charge on any atom is 0.136 e. The summed E-state index contributed by atoms with van der Waals surface area (Å²) in [6.07, 6.45) is 2.52. The molecule has 4 heteroatoms. The van der Waals surface area contributed by atoms with Gasteiger partial charge in [0.1, 0.15) is 5.78 Å². The van der Waals surface area contributed by atoms with E-state index in [0.717, 1.165) is 12.8 Å². The number of nitrogens with zero attached hydrogens (tertiary/aromatic N) is 2. The van der Waals surface area contributed by atoms with Gasteiger partial charge >= 0.3 is 0 Å². The monoisotopic (exact) mass is 282 g/mol. The molecule has 2 rings (SSSR count). The summed E-state index contributed by atoms with van der Waals surface area (Å²) in [6.45, 7) is 12.7. The van der Waals surface area contributed by atoms with Crippen molar-refractivity contribution in [3.8, 4) is 0 Å². The van der Waals surface area contributed by atoms with E-state index < -0.39 is 11.1 Å². The molecule has 4 nitrogen and oxygen atoms in total. The van der Waals surface area contributed by atoms with E-state index in [1.54, 1.807) is 0 Å². The van der Waals surface area contributed by atoms with Gasteiger partial charge in [-0.2, -0.15) is 5.06 Å². The van der Waals surface area contributed by atoms with Gasteiger partial charge in [0.25, 0.3) is 0 Å². The minimum absolute atomic E-state index is 0.0452. The highest BCUT2D eigenvalue weighted by Gasteiger charge is 2.58. The number of hydrogen-bond donors (Lipinski definition) is 1. The number of rotatable bonds is 0. The highest BCUT2D eigenvalue weighted by molar-refractivity contribution is 5.82. The molecule has 116 valence electrons. The Bertz CT molecular complexity index is 408. The highest BCUT2D eigenvalue weighted by Crippen LogP contribution is 2.50. The Morgan fingerprint density at radius 3 is 1.80 bits per heavy atom. The van der Waals surface area contributed by atoms with Crippen LogP contribution in [0.3, 0.4) is 0 Å². The summed E-state index contributed by atoms with van der Waals surface area (Å²) in [5, 5.41) is 12.4. The van der Waals surface area contributed by atoms with E-state index in [4.69, 9.17) is 0 Å². The SMILES string of the molecule is CN1C(C)(C)CC2(CC(=O)CC(C)(C)N2O)CC1(C)C. The van der Waals surface area contributed by atoms with Crippen molar-refractivity contribution in [3.05, 3.63) is 0 Å². The maximum atomic E-state index is 12.2. The average molecular weight is 282 g/mol. The molecule has 2 aliphatic heterocycles. The lowest BCUT2D eigenvalue weighted by Crippen LogP contribution is -2.72. The summed E-state index contributed by atoms with van der Waals surface area (Å²) in [4.78, 5) is 14.6. The van der Waals surface area contributed by atoms with Crippen molar-refractivity contribution in [1.29, 1.82) is 0 Å². The third kappa shape index (κ3) is 2.32. The molecular formula is C16H30N2O2. The zero-order valence-corrected chi connectivity index (χ0v) is 14.1. The fourth-order valence-electron chi connectivity index (χ4n) is 4.71. The maximum absolute atomic E-state index is 12.2. The van der Waals surface area contributed by atoms with E-state index in [-0.39, 0.29) is 16.9 Å². The van der Waals surface area contributed by atoms with E-state index in [1.165, 1.54) is 5.06 Å². The van der Waals surface area contributed by atoms with Crippen LogP contribution in [-0.4, -0.2) is 50.2 Å². The summed E-state index contributed by atoms with van der Waals surface area (Å²) in [5.74, 6) is 0.274. The third-order valence-corrected chi connectivity index (χ3v) is 5.52. The van der Waals surface area contributed by atoms with Crippen molar-refractivity contribution in [2.24, 2.45) is 0 Å². The van der Waals surface area contributed by atoms with E-state index >= 15 is 0 Å². The Balaban J connectivity index is 2.46. The van der Waals surface area contributed by atoms with Crippen molar-refractivity contribution < 1.29 is 10.0 Å². The van der Waals surface area contributed by atoms with Crippen LogP contribution < -0.4 is 0 Å². The molecule has 2 aliphatic rings. The molecule has 0 aromatic carbocycles. The molecule has 0 aliphatic carbocycles. The predicted octanol–water partition coefficient (Wildman–Crippen LogP) is 2.84. The van der Waals surface area contributed by atoms with Gasteiger partial charge in [-0.05, 0) is 61.4 Å². The molecule has 2 heterocycles. The number of carbonyl (C=O) groups excluding carboxylic acids is 1. The largest absolute Gasteiger partial charge is 0.313 e. The molecule has 0 bridgehead atoms. The van der Waals surface area contributed by atoms with Crippen LogP contribution in [0, 0.1) is 0 Å². The van der Waals surface area contributed by atoms with Gasteiger partial charge in [-0.3, -0.25) is 9.69 Å². The van der Waals surface area contributed by atoms with Crippen molar-refractivity contribution in [2.75, 3.05) is 7.05 Å². The Hall–Kier alpha value is -0.450. The molecule has 0 saturated carbocycles. The van der Waals surface area contributed by atoms with E-state index in [1.807, 2.05) is 13.8 Å². The first-order valence-electron chi connectivity index (χ1n) is 7.57. The second-order valence-corrected chi connectivity index (χ2v) is 8.78. The first kappa shape index (κ1) is 15.9. The van der Waals surface area contributed by atoms with E-state index in [2.05, 4.69) is 39.6 Å². The molecule has 0 amide bonds. The quantitative estimate of drug-likeness (QED) is 0.742. The van der Waals surface area contributed by atoms with Crippen molar-refractivity contribution >= 4 is 5.78 Å². The van der Waals surface area contributed by atoms with Gasteiger partial charge in [0.05, 0.1) is 5.54 Å². The van der Waals surface area contributed by atoms with Crippen LogP contribution in [0.15, 0.2) is 0 Å². The van der Waals surface area contributed by atoms with Crippen LogP contribution in [0.1, 0.15) is 67.2 Å². The standard InChI is InChI=1S/C16H30N2O2/c1-13(2)8-12(19)9-16(18(13)20)10-14(3,4)17(7)15(5,6)11-16/h20H,8-11H2,1-7H3. The van der Waals surface area contributed by atoms with Crippen LogP contribution in [0.5, 0.6) is 0 Å². The van der Waals surface area contributed by atoms with Gasteiger partial charge < -0.3 is 5.21 Å². The normalized spacial score (nSPS) is 32.5. The van der Waals surface area contributed by atoms with Gasteiger partial charge in [-0.15, -0.1) is 0 Å². The van der Waals surface area contributed by atoms with Crippen LogP contribution >= 0.6 is 0 Å². The zero-order valence-electron chi connectivity index (χ0n) is 14.1.